The summed E-state index contributed by atoms with van der Waals surface area (Å²) in [4.78, 5) is 28.7. The molecule has 6 heteroatoms. The van der Waals surface area contributed by atoms with Gasteiger partial charge in [-0.25, -0.2) is 4.68 Å². The molecule has 0 bridgehead atoms. The number of aromatic nitrogens is 3. The van der Waals surface area contributed by atoms with Crippen LogP contribution in [0.2, 0.25) is 0 Å². The highest BCUT2D eigenvalue weighted by Crippen LogP contribution is 2.19. The van der Waals surface area contributed by atoms with Crippen LogP contribution >= 0.6 is 0 Å². The fourth-order valence-electron chi connectivity index (χ4n) is 3.54. The number of amides is 1. The fraction of sp³-hybridized carbons (Fsp3) is 0.208. The van der Waals surface area contributed by atoms with Crippen LogP contribution in [0.25, 0.3) is 22.2 Å². The minimum Gasteiger partial charge on any atom is -0.361 e. The topological polar surface area (TPSA) is 79.8 Å². The van der Waals surface area contributed by atoms with Gasteiger partial charge in [0.25, 0.3) is 5.56 Å². The first kappa shape index (κ1) is 19.6. The number of nitrogens with one attached hydrogen (secondary N) is 2. The second-order valence-corrected chi connectivity index (χ2v) is 7.76. The Morgan fingerprint density at radius 2 is 1.77 bits per heavy atom. The Balaban J connectivity index is 1.50. The van der Waals surface area contributed by atoms with Crippen LogP contribution in [-0.4, -0.2) is 27.2 Å². The molecule has 0 radical (unpaired) electrons. The van der Waals surface area contributed by atoms with E-state index >= 15 is 0 Å². The molecule has 0 aliphatic heterocycles. The van der Waals surface area contributed by atoms with Crippen molar-refractivity contribution < 1.29 is 4.79 Å². The Labute approximate surface area is 174 Å². The number of fused-ring (bicyclic) bond motifs is 1. The van der Waals surface area contributed by atoms with Gasteiger partial charge in [-0.15, -0.1) is 0 Å². The molecule has 0 aliphatic carbocycles. The van der Waals surface area contributed by atoms with Crippen LogP contribution in [0.15, 0.2) is 77.7 Å². The number of hydrogen-bond acceptors (Lipinski definition) is 3. The van der Waals surface area contributed by atoms with E-state index < -0.39 is 5.54 Å². The van der Waals surface area contributed by atoms with Crippen LogP contribution in [0.5, 0.6) is 0 Å². The third-order valence-corrected chi connectivity index (χ3v) is 5.31. The van der Waals surface area contributed by atoms with Crippen molar-refractivity contribution >= 4 is 16.8 Å². The van der Waals surface area contributed by atoms with Crippen LogP contribution in [0.3, 0.4) is 0 Å². The number of benzene rings is 2. The summed E-state index contributed by atoms with van der Waals surface area (Å²) in [6.07, 6.45) is 2.66. The summed E-state index contributed by atoms with van der Waals surface area (Å²) in [5, 5.41) is 8.58. The van der Waals surface area contributed by atoms with Crippen LogP contribution < -0.4 is 10.9 Å². The molecular weight excluding hydrogens is 376 g/mol. The SMILES string of the molecule is CC(C)(C(=O)NCCc1c[nH]c2ccccc12)n1nc(-c2ccccc2)ccc1=O. The molecule has 0 aliphatic rings. The number of hydrogen-bond donors (Lipinski definition) is 2. The summed E-state index contributed by atoms with van der Waals surface area (Å²) in [6.45, 7) is 3.88. The molecule has 1 amide bonds. The summed E-state index contributed by atoms with van der Waals surface area (Å²) in [7, 11) is 0. The average Bonchev–Trinajstić information content (AvgIpc) is 3.17. The largest absolute Gasteiger partial charge is 0.361 e. The van der Waals surface area contributed by atoms with Crippen LogP contribution in [0, 0.1) is 0 Å². The summed E-state index contributed by atoms with van der Waals surface area (Å²) >= 11 is 0. The van der Waals surface area contributed by atoms with E-state index in [1.54, 1.807) is 19.9 Å². The van der Waals surface area contributed by atoms with Gasteiger partial charge >= 0.3 is 0 Å². The van der Waals surface area contributed by atoms with E-state index in [2.05, 4.69) is 21.5 Å². The second-order valence-electron chi connectivity index (χ2n) is 7.76. The molecule has 2 aromatic carbocycles. The molecule has 152 valence electrons. The molecule has 0 saturated heterocycles. The normalized spacial score (nSPS) is 11.5. The lowest BCUT2D eigenvalue weighted by atomic mass is 10.0. The molecule has 2 heterocycles. The third kappa shape index (κ3) is 3.76. The summed E-state index contributed by atoms with van der Waals surface area (Å²) in [5.74, 6) is -0.248. The smallest absolute Gasteiger partial charge is 0.267 e. The second kappa shape index (κ2) is 7.99. The first-order chi connectivity index (χ1) is 14.5. The zero-order valence-electron chi connectivity index (χ0n) is 17.1. The van der Waals surface area contributed by atoms with Gasteiger partial charge in [-0.2, -0.15) is 5.10 Å². The first-order valence-corrected chi connectivity index (χ1v) is 9.96. The summed E-state index contributed by atoms with van der Waals surface area (Å²) in [5.41, 5.74) is 2.32. The zero-order chi connectivity index (χ0) is 21.1. The number of para-hydroxylation sites is 1. The van der Waals surface area contributed by atoms with E-state index in [1.807, 2.05) is 54.7 Å². The average molecular weight is 400 g/mol. The number of nitrogens with zero attached hydrogens (tertiary/aromatic N) is 2. The number of H-pyrrole nitrogens is 1. The number of carbonyl (C=O) groups excluding carboxylic acids is 1. The lowest BCUT2D eigenvalue weighted by molar-refractivity contribution is -0.128. The highest BCUT2D eigenvalue weighted by molar-refractivity contribution is 5.84. The lowest BCUT2D eigenvalue weighted by Crippen LogP contribution is -2.50. The number of rotatable bonds is 6. The van der Waals surface area contributed by atoms with Crippen molar-refractivity contribution in [2.24, 2.45) is 0 Å². The van der Waals surface area contributed by atoms with Gasteiger partial charge in [0.15, 0.2) is 0 Å². The van der Waals surface area contributed by atoms with Crippen molar-refractivity contribution in [3.05, 3.63) is 88.8 Å². The molecule has 4 aromatic rings. The monoisotopic (exact) mass is 400 g/mol. The van der Waals surface area contributed by atoms with E-state index in [4.69, 9.17) is 0 Å². The molecule has 0 atom stereocenters. The zero-order valence-corrected chi connectivity index (χ0v) is 17.1. The number of aromatic amines is 1. The maximum atomic E-state index is 12.9. The first-order valence-electron chi connectivity index (χ1n) is 9.96. The van der Waals surface area contributed by atoms with Gasteiger partial charge in [-0.1, -0.05) is 48.5 Å². The number of carbonyl (C=O) groups is 1. The van der Waals surface area contributed by atoms with Gasteiger partial charge in [0.2, 0.25) is 5.91 Å². The van der Waals surface area contributed by atoms with Crippen molar-refractivity contribution in [3.63, 3.8) is 0 Å². The molecular formula is C24H24N4O2. The van der Waals surface area contributed by atoms with E-state index in [0.717, 1.165) is 22.0 Å². The summed E-state index contributed by atoms with van der Waals surface area (Å²) in [6, 6.07) is 20.8. The van der Waals surface area contributed by atoms with Gasteiger partial charge in [-0.05, 0) is 38.0 Å². The van der Waals surface area contributed by atoms with Crippen LogP contribution in [0.4, 0.5) is 0 Å². The van der Waals surface area contributed by atoms with Gasteiger partial charge in [0, 0.05) is 35.3 Å². The standard InChI is InChI=1S/C24H24N4O2/c1-24(2,28-22(29)13-12-20(27-28)17-8-4-3-5-9-17)23(30)25-15-14-18-16-26-21-11-7-6-10-19(18)21/h3-13,16,26H,14-15H2,1-2H3,(H,25,30). The fourth-order valence-corrected chi connectivity index (χ4v) is 3.54. The van der Waals surface area contributed by atoms with Crippen molar-refractivity contribution in [2.45, 2.75) is 25.8 Å². The highest BCUT2D eigenvalue weighted by atomic mass is 16.2. The maximum absolute atomic E-state index is 12.9. The quantitative estimate of drug-likeness (QED) is 0.520. The molecule has 0 fully saturated rings. The molecule has 6 nitrogen and oxygen atoms in total. The van der Waals surface area contributed by atoms with E-state index in [9.17, 15) is 9.59 Å². The van der Waals surface area contributed by atoms with Crippen LogP contribution in [0.1, 0.15) is 19.4 Å². The minimum absolute atomic E-state index is 0.248. The molecule has 0 spiro atoms. The highest BCUT2D eigenvalue weighted by Gasteiger charge is 2.32. The van der Waals surface area contributed by atoms with Crippen LogP contribution in [-0.2, 0) is 16.8 Å². The molecule has 30 heavy (non-hydrogen) atoms. The predicted molar refractivity (Wildman–Crippen MR) is 118 cm³/mol. The molecule has 4 rings (SSSR count). The summed E-state index contributed by atoms with van der Waals surface area (Å²) < 4.78 is 1.26. The van der Waals surface area contributed by atoms with Crippen molar-refractivity contribution in [1.29, 1.82) is 0 Å². The Morgan fingerprint density at radius 3 is 2.57 bits per heavy atom. The van der Waals surface area contributed by atoms with Crippen molar-refractivity contribution in [1.82, 2.24) is 20.1 Å². The Bertz CT molecular complexity index is 1240. The van der Waals surface area contributed by atoms with E-state index in [1.165, 1.54) is 10.7 Å². The molecule has 0 unspecified atom stereocenters. The third-order valence-electron chi connectivity index (χ3n) is 5.31. The Kier molecular flexibility index (Phi) is 5.23. The van der Waals surface area contributed by atoms with E-state index in [0.29, 0.717) is 18.7 Å². The molecule has 2 N–H and O–H groups in total. The van der Waals surface area contributed by atoms with Gasteiger partial charge in [0.1, 0.15) is 5.54 Å². The predicted octanol–water partition coefficient (Wildman–Crippen LogP) is 3.49. The van der Waals surface area contributed by atoms with Crippen molar-refractivity contribution in [3.8, 4) is 11.3 Å². The lowest BCUT2D eigenvalue weighted by Gasteiger charge is -2.25. The molecule has 2 aromatic heterocycles. The molecule has 0 saturated carbocycles. The maximum Gasteiger partial charge on any atom is 0.267 e. The van der Waals surface area contributed by atoms with E-state index in [-0.39, 0.29) is 11.5 Å². The minimum atomic E-state index is -1.12. The van der Waals surface area contributed by atoms with Crippen molar-refractivity contribution in [2.75, 3.05) is 6.54 Å². The van der Waals surface area contributed by atoms with Gasteiger partial charge in [0.05, 0.1) is 5.69 Å². The van der Waals surface area contributed by atoms with Gasteiger partial charge in [-0.3, -0.25) is 9.59 Å². The Morgan fingerprint density at radius 1 is 1.03 bits per heavy atom. The Hall–Kier alpha value is -3.67. The van der Waals surface area contributed by atoms with Gasteiger partial charge < -0.3 is 10.3 Å².